The average Bonchev–Trinajstić information content (AvgIpc) is 3.33. The van der Waals surface area contributed by atoms with Gasteiger partial charge in [-0.15, -0.1) is 21.5 Å². The molecule has 25 heavy (non-hydrogen) atoms. The Kier molecular flexibility index (Phi) is 5.20. The van der Waals surface area contributed by atoms with Gasteiger partial charge in [0.2, 0.25) is 0 Å². The van der Waals surface area contributed by atoms with Crippen LogP contribution in [0.15, 0.2) is 11.4 Å². The largest absolute Gasteiger partial charge is 0.317 e. The topological polar surface area (TPSA) is 37.2 Å². The fraction of sp³-hybridized carbons (Fsp3) is 0.684. The van der Waals surface area contributed by atoms with Gasteiger partial charge in [-0.25, -0.2) is 0 Å². The molecule has 6 heteroatoms. The van der Waals surface area contributed by atoms with Crippen LogP contribution in [0.25, 0.3) is 0 Å². The van der Waals surface area contributed by atoms with Gasteiger partial charge in [0, 0.05) is 30.9 Å². The molecular weight excluding hydrogens is 330 g/mol. The summed E-state index contributed by atoms with van der Waals surface area (Å²) in [5, 5.41) is 11.3. The van der Waals surface area contributed by atoms with Crippen molar-refractivity contribution in [3.05, 3.63) is 33.5 Å². The van der Waals surface area contributed by atoms with E-state index in [0.717, 1.165) is 25.5 Å². The Morgan fingerprint density at radius 3 is 2.64 bits per heavy atom. The van der Waals surface area contributed by atoms with Crippen molar-refractivity contribution in [2.24, 2.45) is 7.05 Å². The standard InChI is InChI=1S/C19H29N5S/c1-15-7-11-25-17(15)13-24-10-5-6-16(12-24)19-21-20-18(22(19)2)14-23-8-3-4-9-23/h7,11,16H,3-6,8-10,12-14H2,1-2H3. The zero-order valence-corrected chi connectivity index (χ0v) is 16.3. The predicted molar refractivity (Wildman–Crippen MR) is 102 cm³/mol. The van der Waals surface area contributed by atoms with E-state index in [1.54, 1.807) is 0 Å². The summed E-state index contributed by atoms with van der Waals surface area (Å²) in [6, 6.07) is 2.23. The lowest BCUT2D eigenvalue weighted by atomic mass is 9.97. The highest BCUT2D eigenvalue weighted by Gasteiger charge is 2.27. The van der Waals surface area contributed by atoms with Gasteiger partial charge >= 0.3 is 0 Å². The first-order valence-corrected chi connectivity index (χ1v) is 10.4. The van der Waals surface area contributed by atoms with Gasteiger partial charge in [-0.2, -0.15) is 0 Å². The van der Waals surface area contributed by atoms with Gasteiger partial charge < -0.3 is 4.57 Å². The maximum absolute atomic E-state index is 4.59. The van der Waals surface area contributed by atoms with Gasteiger partial charge in [-0.05, 0) is 69.3 Å². The van der Waals surface area contributed by atoms with E-state index in [4.69, 9.17) is 0 Å². The van der Waals surface area contributed by atoms with Crippen LogP contribution in [-0.2, 0) is 20.1 Å². The van der Waals surface area contributed by atoms with Crippen LogP contribution in [0.2, 0.25) is 0 Å². The molecule has 1 atom stereocenters. The van der Waals surface area contributed by atoms with E-state index < -0.39 is 0 Å². The maximum Gasteiger partial charge on any atom is 0.146 e. The molecule has 0 amide bonds. The molecule has 0 saturated carbocycles. The molecule has 2 aliphatic heterocycles. The summed E-state index contributed by atoms with van der Waals surface area (Å²) in [7, 11) is 2.16. The van der Waals surface area contributed by atoms with E-state index >= 15 is 0 Å². The molecule has 5 nitrogen and oxygen atoms in total. The van der Waals surface area contributed by atoms with Gasteiger partial charge in [0.1, 0.15) is 11.6 Å². The third-order valence-electron chi connectivity index (χ3n) is 5.77. The Morgan fingerprint density at radius 1 is 1.08 bits per heavy atom. The minimum absolute atomic E-state index is 0.513. The van der Waals surface area contributed by atoms with Crippen LogP contribution in [-0.4, -0.2) is 50.7 Å². The van der Waals surface area contributed by atoms with E-state index in [1.165, 1.54) is 61.6 Å². The highest BCUT2D eigenvalue weighted by atomic mass is 32.1. The van der Waals surface area contributed by atoms with Crippen LogP contribution in [0.3, 0.4) is 0 Å². The van der Waals surface area contributed by atoms with Crippen LogP contribution in [0.5, 0.6) is 0 Å². The maximum atomic E-state index is 4.59. The number of rotatable bonds is 5. The first-order chi connectivity index (χ1) is 12.2. The number of hydrogen-bond acceptors (Lipinski definition) is 5. The highest BCUT2D eigenvalue weighted by molar-refractivity contribution is 7.10. The number of hydrogen-bond donors (Lipinski definition) is 0. The molecule has 0 spiro atoms. The molecule has 4 heterocycles. The van der Waals surface area contributed by atoms with Crippen molar-refractivity contribution < 1.29 is 0 Å². The third kappa shape index (κ3) is 3.81. The van der Waals surface area contributed by atoms with E-state index in [2.05, 4.69) is 50.0 Å². The van der Waals surface area contributed by atoms with E-state index in [-0.39, 0.29) is 0 Å². The minimum atomic E-state index is 0.513. The van der Waals surface area contributed by atoms with Crippen LogP contribution in [0.1, 0.15) is 53.7 Å². The van der Waals surface area contributed by atoms with Gasteiger partial charge in [-0.3, -0.25) is 9.80 Å². The number of thiophene rings is 1. The Labute approximate surface area is 154 Å². The number of aromatic nitrogens is 3. The molecule has 0 N–H and O–H groups in total. The Hall–Kier alpha value is -1.24. The second-order valence-electron chi connectivity index (χ2n) is 7.62. The summed E-state index contributed by atoms with van der Waals surface area (Å²) in [6.07, 6.45) is 5.13. The van der Waals surface area contributed by atoms with Crippen LogP contribution in [0.4, 0.5) is 0 Å². The lowest BCUT2D eigenvalue weighted by molar-refractivity contribution is 0.196. The number of aryl methyl sites for hydroxylation is 1. The minimum Gasteiger partial charge on any atom is -0.317 e. The number of nitrogens with zero attached hydrogens (tertiary/aromatic N) is 5. The molecule has 2 aromatic heterocycles. The Balaban J connectivity index is 1.42. The second kappa shape index (κ2) is 7.56. The third-order valence-corrected chi connectivity index (χ3v) is 6.78. The fourth-order valence-corrected chi connectivity index (χ4v) is 5.14. The molecule has 2 saturated heterocycles. The van der Waals surface area contributed by atoms with Crippen molar-refractivity contribution in [3.8, 4) is 0 Å². The normalized spacial score (nSPS) is 22.7. The zero-order chi connectivity index (χ0) is 17.2. The first-order valence-electron chi connectivity index (χ1n) is 9.56. The molecule has 0 aliphatic carbocycles. The second-order valence-corrected chi connectivity index (χ2v) is 8.62. The highest BCUT2D eigenvalue weighted by Crippen LogP contribution is 2.28. The number of piperidine rings is 1. The van der Waals surface area contributed by atoms with E-state index in [1.807, 2.05) is 11.3 Å². The average molecular weight is 360 g/mol. The summed E-state index contributed by atoms with van der Waals surface area (Å²) >= 11 is 1.88. The zero-order valence-electron chi connectivity index (χ0n) is 15.4. The molecule has 136 valence electrons. The Morgan fingerprint density at radius 2 is 1.88 bits per heavy atom. The van der Waals surface area contributed by atoms with Gasteiger partial charge in [0.15, 0.2) is 0 Å². The van der Waals surface area contributed by atoms with Gasteiger partial charge in [-0.1, -0.05) is 0 Å². The van der Waals surface area contributed by atoms with Gasteiger partial charge in [0.05, 0.1) is 6.54 Å². The molecule has 4 rings (SSSR count). The fourth-order valence-electron chi connectivity index (χ4n) is 4.19. The van der Waals surface area contributed by atoms with Gasteiger partial charge in [0.25, 0.3) is 0 Å². The summed E-state index contributed by atoms with van der Waals surface area (Å²) in [4.78, 5) is 6.61. The lowest BCUT2D eigenvalue weighted by Gasteiger charge is -2.32. The molecule has 0 bridgehead atoms. The molecular formula is C19H29N5S. The molecule has 2 fully saturated rings. The quantitative estimate of drug-likeness (QED) is 0.822. The van der Waals surface area contributed by atoms with Crippen LogP contribution in [0, 0.1) is 6.92 Å². The van der Waals surface area contributed by atoms with E-state index in [9.17, 15) is 0 Å². The molecule has 0 aromatic carbocycles. The summed E-state index contributed by atoms with van der Waals surface area (Å²) in [5.41, 5.74) is 1.43. The van der Waals surface area contributed by atoms with Crippen molar-refractivity contribution in [2.45, 2.75) is 51.6 Å². The molecule has 2 aromatic rings. The summed E-state index contributed by atoms with van der Waals surface area (Å²) in [6.45, 7) is 8.98. The van der Waals surface area contributed by atoms with Crippen molar-refractivity contribution in [1.82, 2.24) is 24.6 Å². The van der Waals surface area contributed by atoms with Crippen LogP contribution < -0.4 is 0 Å². The monoisotopic (exact) mass is 359 g/mol. The van der Waals surface area contributed by atoms with Crippen molar-refractivity contribution in [1.29, 1.82) is 0 Å². The smallest absolute Gasteiger partial charge is 0.146 e. The lowest BCUT2D eigenvalue weighted by Crippen LogP contribution is -2.34. The molecule has 0 radical (unpaired) electrons. The first kappa shape index (κ1) is 17.2. The van der Waals surface area contributed by atoms with Crippen molar-refractivity contribution in [3.63, 3.8) is 0 Å². The molecule has 1 unspecified atom stereocenters. The summed E-state index contributed by atoms with van der Waals surface area (Å²) < 4.78 is 2.27. The van der Waals surface area contributed by atoms with E-state index in [0.29, 0.717) is 5.92 Å². The number of likely N-dealkylation sites (tertiary alicyclic amines) is 2. The molecule has 2 aliphatic rings. The Bertz CT molecular complexity index is 700. The van der Waals surface area contributed by atoms with Crippen LogP contribution >= 0.6 is 11.3 Å². The SMILES string of the molecule is Cc1ccsc1CN1CCCC(c2nnc(CN3CCCC3)n2C)C1. The van der Waals surface area contributed by atoms with Crippen molar-refractivity contribution >= 4 is 11.3 Å². The predicted octanol–water partition coefficient (Wildman–Crippen LogP) is 3.16. The summed E-state index contributed by atoms with van der Waals surface area (Å²) in [5.74, 6) is 2.82. The van der Waals surface area contributed by atoms with Crippen molar-refractivity contribution in [2.75, 3.05) is 26.2 Å².